The molecule has 0 unspecified atom stereocenters. The summed E-state index contributed by atoms with van der Waals surface area (Å²) in [5.41, 5.74) is 1.75. The fourth-order valence-corrected chi connectivity index (χ4v) is 4.73. The predicted molar refractivity (Wildman–Crippen MR) is 60.5 cm³/mol. The average Bonchev–Trinajstić information content (AvgIpc) is 2.65. The van der Waals surface area contributed by atoms with Crippen molar-refractivity contribution in [3.63, 3.8) is 0 Å². The molecule has 0 aromatic rings. The molecule has 0 aliphatic heterocycles. The molecule has 3 atom stereocenters. The van der Waals surface area contributed by atoms with Crippen molar-refractivity contribution in [2.75, 3.05) is 0 Å². The van der Waals surface area contributed by atoms with Crippen molar-refractivity contribution < 1.29 is 4.79 Å². The van der Waals surface area contributed by atoms with Gasteiger partial charge in [0.2, 0.25) is 0 Å². The van der Waals surface area contributed by atoms with Crippen molar-refractivity contribution in [3.05, 3.63) is 11.6 Å². The molecule has 0 spiro atoms. The van der Waals surface area contributed by atoms with Gasteiger partial charge in [0.05, 0.1) is 0 Å². The fraction of sp³-hybridized carbons (Fsp3) is 0.786. The molecule has 82 valence electrons. The molecular weight excluding hydrogens is 184 g/mol. The molecule has 3 aliphatic rings. The van der Waals surface area contributed by atoms with Crippen LogP contribution in [0.5, 0.6) is 0 Å². The predicted octanol–water partition coefficient (Wildman–Crippen LogP) is 3.49. The van der Waals surface area contributed by atoms with E-state index in [0.29, 0.717) is 11.2 Å². The first-order valence-corrected chi connectivity index (χ1v) is 6.34. The number of hydrogen-bond acceptors (Lipinski definition) is 1. The highest BCUT2D eigenvalue weighted by Crippen LogP contribution is 2.68. The molecule has 0 aromatic carbocycles. The van der Waals surface area contributed by atoms with Gasteiger partial charge >= 0.3 is 0 Å². The minimum atomic E-state index is 0.0503. The Labute approximate surface area is 91.9 Å². The average molecular weight is 204 g/mol. The van der Waals surface area contributed by atoms with Gasteiger partial charge < -0.3 is 0 Å². The third kappa shape index (κ3) is 0.926. The molecule has 0 saturated heterocycles. The highest BCUT2D eigenvalue weighted by Gasteiger charge is 2.63. The van der Waals surface area contributed by atoms with E-state index in [1.165, 1.54) is 31.3 Å². The summed E-state index contributed by atoms with van der Waals surface area (Å²) in [7, 11) is 0. The zero-order chi connectivity index (χ0) is 10.7. The molecule has 1 nitrogen and oxygen atoms in total. The minimum Gasteiger partial charge on any atom is -0.294 e. The van der Waals surface area contributed by atoms with Crippen LogP contribution in [0.1, 0.15) is 52.4 Å². The molecule has 0 radical (unpaired) electrons. The Morgan fingerprint density at radius 3 is 2.80 bits per heavy atom. The van der Waals surface area contributed by atoms with Crippen molar-refractivity contribution in [2.24, 2.45) is 16.7 Å². The first-order chi connectivity index (χ1) is 7.11. The summed E-state index contributed by atoms with van der Waals surface area (Å²) in [6.45, 7) is 4.51. The maximum absolute atomic E-state index is 12.3. The van der Waals surface area contributed by atoms with Gasteiger partial charge in [0.15, 0.2) is 5.78 Å². The third-order valence-corrected chi connectivity index (χ3v) is 5.46. The zero-order valence-electron chi connectivity index (χ0n) is 9.81. The topological polar surface area (TPSA) is 17.1 Å². The van der Waals surface area contributed by atoms with Gasteiger partial charge in [-0.1, -0.05) is 18.9 Å². The number of allylic oxidation sites excluding steroid dienone is 2. The second-order valence-electron chi connectivity index (χ2n) is 6.06. The monoisotopic (exact) mass is 204 g/mol. The van der Waals surface area contributed by atoms with Crippen LogP contribution in [0, 0.1) is 16.7 Å². The minimum absolute atomic E-state index is 0.0503. The number of carbonyl (C=O) groups excluding carboxylic acids is 1. The lowest BCUT2D eigenvalue weighted by molar-refractivity contribution is -0.130. The van der Waals surface area contributed by atoms with Crippen LogP contribution in [-0.2, 0) is 4.79 Å². The van der Waals surface area contributed by atoms with Gasteiger partial charge in [-0.05, 0) is 51.0 Å². The number of rotatable bonds is 0. The molecule has 0 N–H and O–H groups in total. The van der Waals surface area contributed by atoms with Gasteiger partial charge in [-0.3, -0.25) is 4.79 Å². The van der Waals surface area contributed by atoms with Crippen LogP contribution in [0.4, 0.5) is 0 Å². The highest BCUT2D eigenvalue weighted by molar-refractivity contribution is 6.00. The summed E-state index contributed by atoms with van der Waals surface area (Å²) in [6, 6.07) is 0. The second-order valence-corrected chi connectivity index (χ2v) is 6.06. The fourth-order valence-electron chi connectivity index (χ4n) is 4.73. The Bertz CT molecular complexity index is 354. The van der Waals surface area contributed by atoms with Crippen molar-refractivity contribution in [1.29, 1.82) is 0 Å². The Morgan fingerprint density at radius 2 is 2.00 bits per heavy atom. The van der Waals surface area contributed by atoms with E-state index in [2.05, 4.69) is 13.8 Å². The first-order valence-electron chi connectivity index (χ1n) is 6.34. The van der Waals surface area contributed by atoms with Crippen LogP contribution in [0.15, 0.2) is 11.6 Å². The second kappa shape index (κ2) is 2.75. The largest absolute Gasteiger partial charge is 0.294 e. The van der Waals surface area contributed by atoms with Gasteiger partial charge in [-0.2, -0.15) is 0 Å². The lowest BCUT2D eigenvalue weighted by atomic mass is 9.55. The smallest absolute Gasteiger partial charge is 0.162 e. The van der Waals surface area contributed by atoms with E-state index in [-0.39, 0.29) is 5.41 Å². The van der Waals surface area contributed by atoms with Crippen molar-refractivity contribution in [2.45, 2.75) is 52.4 Å². The quantitative estimate of drug-likeness (QED) is 0.590. The SMILES string of the molecule is CC1=CC(=O)[C@@]23CCC[C@@]12CC[C@@H](C)C3. The molecule has 3 rings (SSSR count). The Hall–Kier alpha value is -0.590. The summed E-state index contributed by atoms with van der Waals surface area (Å²) >= 11 is 0. The number of hydrogen-bond donors (Lipinski definition) is 0. The van der Waals surface area contributed by atoms with Gasteiger partial charge in [0, 0.05) is 10.8 Å². The van der Waals surface area contributed by atoms with Crippen LogP contribution in [0.3, 0.4) is 0 Å². The molecule has 0 heterocycles. The van der Waals surface area contributed by atoms with Crippen molar-refractivity contribution in [1.82, 2.24) is 0 Å². The van der Waals surface area contributed by atoms with Crippen molar-refractivity contribution in [3.8, 4) is 0 Å². The molecule has 1 heteroatoms. The summed E-state index contributed by atoms with van der Waals surface area (Å²) in [4.78, 5) is 12.3. The normalized spacial score (nSPS) is 48.8. The first kappa shape index (κ1) is 9.62. The van der Waals surface area contributed by atoms with Crippen LogP contribution >= 0.6 is 0 Å². The van der Waals surface area contributed by atoms with E-state index in [9.17, 15) is 4.79 Å². The lowest BCUT2D eigenvalue weighted by Gasteiger charge is -2.47. The molecule has 2 fully saturated rings. The Balaban J connectivity index is 2.12. The van der Waals surface area contributed by atoms with E-state index in [4.69, 9.17) is 0 Å². The Kier molecular flexibility index (Phi) is 1.76. The Morgan fingerprint density at radius 1 is 1.27 bits per heavy atom. The van der Waals surface area contributed by atoms with E-state index in [1.807, 2.05) is 6.08 Å². The van der Waals surface area contributed by atoms with E-state index in [1.54, 1.807) is 0 Å². The number of carbonyl (C=O) groups is 1. The highest BCUT2D eigenvalue weighted by atomic mass is 16.1. The molecule has 0 bridgehead atoms. The summed E-state index contributed by atoms with van der Waals surface area (Å²) < 4.78 is 0. The lowest BCUT2D eigenvalue weighted by Crippen LogP contribution is -2.44. The maximum Gasteiger partial charge on any atom is 0.162 e. The molecule has 0 aromatic heterocycles. The van der Waals surface area contributed by atoms with Gasteiger partial charge in [-0.15, -0.1) is 0 Å². The zero-order valence-corrected chi connectivity index (χ0v) is 9.81. The summed E-state index contributed by atoms with van der Waals surface area (Å²) in [6.07, 6.45) is 9.40. The van der Waals surface area contributed by atoms with Gasteiger partial charge in [-0.25, -0.2) is 0 Å². The standard InChI is InChI=1S/C14H20O/c1-10-4-7-13-5-3-6-14(13,9-10)12(15)8-11(13)2/h8,10H,3-7,9H2,1-2H3/t10-,13-,14+/m1/s1. The summed E-state index contributed by atoms with van der Waals surface area (Å²) in [5.74, 6) is 1.21. The third-order valence-electron chi connectivity index (χ3n) is 5.46. The van der Waals surface area contributed by atoms with Gasteiger partial charge in [0.1, 0.15) is 0 Å². The summed E-state index contributed by atoms with van der Waals surface area (Å²) in [5, 5.41) is 0. The van der Waals surface area contributed by atoms with Crippen LogP contribution in [0.2, 0.25) is 0 Å². The van der Waals surface area contributed by atoms with Crippen molar-refractivity contribution >= 4 is 5.78 Å². The van der Waals surface area contributed by atoms with Crippen LogP contribution < -0.4 is 0 Å². The van der Waals surface area contributed by atoms with Crippen LogP contribution in [0.25, 0.3) is 0 Å². The molecule has 0 amide bonds. The molecule has 15 heavy (non-hydrogen) atoms. The van der Waals surface area contributed by atoms with Gasteiger partial charge in [0.25, 0.3) is 0 Å². The van der Waals surface area contributed by atoms with Crippen LogP contribution in [-0.4, -0.2) is 5.78 Å². The molecule has 2 saturated carbocycles. The van der Waals surface area contributed by atoms with E-state index in [0.717, 1.165) is 18.8 Å². The van der Waals surface area contributed by atoms with E-state index < -0.39 is 0 Å². The number of ketones is 1. The molecular formula is C14H20O. The van der Waals surface area contributed by atoms with E-state index >= 15 is 0 Å². The maximum atomic E-state index is 12.3. The molecule has 3 aliphatic carbocycles.